The number of anilines is 1. The SMILES string of the molecule is COCCCN1C(=O)COc2ccc(CO[C@H]3CN(C(=O)OCc4ccccc4)C[C@@H](CO)[C@@H]3c3ccc(COC[C@@H](C)COC)cc3)cc21. The number of hydrogen-bond donors (Lipinski definition) is 1. The van der Waals surface area contributed by atoms with E-state index in [1.165, 1.54) is 0 Å². The lowest BCUT2D eigenvalue weighted by Crippen LogP contribution is -2.52. The van der Waals surface area contributed by atoms with Crippen LogP contribution in [0.5, 0.6) is 5.75 Å². The van der Waals surface area contributed by atoms with Gasteiger partial charge in [-0.05, 0) is 40.8 Å². The van der Waals surface area contributed by atoms with Crippen molar-refractivity contribution in [3.8, 4) is 5.75 Å². The van der Waals surface area contributed by atoms with Gasteiger partial charge in [0.25, 0.3) is 5.91 Å². The van der Waals surface area contributed by atoms with E-state index in [1.54, 1.807) is 24.0 Å². The lowest BCUT2D eigenvalue weighted by Gasteiger charge is -2.43. The van der Waals surface area contributed by atoms with E-state index in [1.807, 2.05) is 60.7 Å². The van der Waals surface area contributed by atoms with Gasteiger partial charge in [0.15, 0.2) is 6.61 Å². The van der Waals surface area contributed by atoms with Gasteiger partial charge in [0.2, 0.25) is 0 Å². The Hall–Kier alpha value is -4.00. The molecule has 4 atom stereocenters. The van der Waals surface area contributed by atoms with Crippen molar-refractivity contribution in [1.29, 1.82) is 0 Å². The number of methoxy groups -OCH3 is 2. The first-order valence-corrected chi connectivity index (χ1v) is 17.3. The van der Waals surface area contributed by atoms with Crippen LogP contribution < -0.4 is 9.64 Å². The molecular weight excluding hydrogens is 640 g/mol. The third-order valence-corrected chi connectivity index (χ3v) is 9.11. The van der Waals surface area contributed by atoms with Gasteiger partial charge < -0.3 is 43.3 Å². The number of rotatable bonds is 17. The van der Waals surface area contributed by atoms with Crippen LogP contribution in [0.25, 0.3) is 0 Å². The monoisotopic (exact) mass is 690 g/mol. The molecule has 0 spiro atoms. The summed E-state index contributed by atoms with van der Waals surface area (Å²) >= 11 is 0. The van der Waals surface area contributed by atoms with Crippen molar-refractivity contribution in [2.24, 2.45) is 11.8 Å². The van der Waals surface area contributed by atoms with Gasteiger partial charge in [-0.2, -0.15) is 0 Å². The summed E-state index contributed by atoms with van der Waals surface area (Å²) in [5.74, 6) is 0.358. The van der Waals surface area contributed by atoms with Crippen LogP contribution in [0.3, 0.4) is 0 Å². The van der Waals surface area contributed by atoms with E-state index in [0.717, 1.165) is 22.3 Å². The number of carbonyl (C=O) groups is 2. The first-order valence-electron chi connectivity index (χ1n) is 17.3. The van der Waals surface area contributed by atoms with E-state index in [4.69, 9.17) is 28.4 Å². The van der Waals surface area contributed by atoms with Gasteiger partial charge in [-0.15, -0.1) is 0 Å². The highest BCUT2D eigenvalue weighted by Gasteiger charge is 2.40. The van der Waals surface area contributed by atoms with Crippen LogP contribution in [0, 0.1) is 11.8 Å². The number of benzene rings is 3. The Kier molecular flexibility index (Phi) is 14.0. The molecule has 3 aromatic rings. The number of likely N-dealkylation sites (tertiary alicyclic amines) is 1. The zero-order chi connectivity index (χ0) is 35.3. The molecule has 3 aromatic carbocycles. The second-order valence-corrected chi connectivity index (χ2v) is 13.1. The smallest absolute Gasteiger partial charge is 0.410 e. The molecule has 50 heavy (non-hydrogen) atoms. The summed E-state index contributed by atoms with van der Waals surface area (Å²) in [6, 6.07) is 23.5. The van der Waals surface area contributed by atoms with E-state index in [2.05, 4.69) is 19.1 Å². The minimum atomic E-state index is -0.453. The summed E-state index contributed by atoms with van der Waals surface area (Å²) < 4.78 is 34.4. The Morgan fingerprint density at radius 3 is 2.42 bits per heavy atom. The van der Waals surface area contributed by atoms with Gasteiger partial charge in [-0.3, -0.25) is 4.79 Å². The number of amides is 2. The third-order valence-electron chi connectivity index (χ3n) is 9.11. The number of hydrogen-bond acceptors (Lipinski definition) is 9. The molecule has 2 heterocycles. The van der Waals surface area contributed by atoms with E-state index < -0.39 is 12.2 Å². The van der Waals surface area contributed by atoms with Crippen LogP contribution >= 0.6 is 0 Å². The fraction of sp³-hybridized carbons (Fsp3) is 0.487. The summed E-state index contributed by atoms with van der Waals surface area (Å²) in [4.78, 5) is 29.5. The minimum absolute atomic E-state index is 0.00378. The van der Waals surface area contributed by atoms with Crippen LogP contribution in [0.2, 0.25) is 0 Å². The number of nitrogens with zero attached hydrogens (tertiary/aromatic N) is 2. The van der Waals surface area contributed by atoms with Crippen molar-refractivity contribution in [3.63, 3.8) is 0 Å². The topological polar surface area (TPSA) is 116 Å². The van der Waals surface area contributed by atoms with Crippen molar-refractivity contribution in [2.45, 2.75) is 45.2 Å². The Bertz CT molecular complexity index is 1500. The average molecular weight is 691 g/mol. The van der Waals surface area contributed by atoms with Gasteiger partial charge in [0.1, 0.15) is 12.4 Å². The maximum atomic E-state index is 13.3. The summed E-state index contributed by atoms with van der Waals surface area (Å²) in [5, 5.41) is 10.6. The number of piperidine rings is 1. The number of carbonyl (C=O) groups excluding carboxylic acids is 2. The summed E-state index contributed by atoms with van der Waals surface area (Å²) in [6.07, 6.45) is -0.206. The van der Waals surface area contributed by atoms with E-state index >= 15 is 0 Å². The molecule has 0 aliphatic carbocycles. The van der Waals surface area contributed by atoms with Crippen molar-refractivity contribution in [2.75, 3.05) is 71.8 Å². The first kappa shape index (κ1) is 37.3. The Morgan fingerprint density at radius 2 is 1.68 bits per heavy atom. The number of fused-ring (bicyclic) bond motifs is 1. The maximum absolute atomic E-state index is 13.3. The molecule has 270 valence electrons. The first-order chi connectivity index (χ1) is 24.4. The van der Waals surface area contributed by atoms with E-state index in [0.29, 0.717) is 63.3 Å². The normalized spacial score (nSPS) is 19.5. The number of ether oxygens (including phenoxy) is 6. The highest BCUT2D eigenvalue weighted by molar-refractivity contribution is 5.97. The summed E-state index contributed by atoms with van der Waals surface area (Å²) in [7, 11) is 3.33. The zero-order valence-electron chi connectivity index (χ0n) is 29.3. The predicted molar refractivity (Wildman–Crippen MR) is 188 cm³/mol. The molecule has 1 saturated heterocycles. The Morgan fingerprint density at radius 1 is 0.920 bits per heavy atom. The molecule has 0 saturated carbocycles. The van der Waals surface area contributed by atoms with E-state index in [9.17, 15) is 14.7 Å². The summed E-state index contributed by atoms with van der Waals surface area (Å²) in [6.45, 7) is 5.73. The molecule has 2 aliphatic rings. The largest absolute Gasteiger partial charge is 0.482 e. The third kappa shape index (κ3) is 10.0. The maximum Gasteiger partial charge on any atom is 0.410 e. The predicted octanol–water partition coefficient (Wildman–Crippen LogP) is 5.18. The van der Waals surface area contributed by atoms with Gasteiger partial charge in [0, 0.05) is 58.3 Å². The second kappa shape index (κ2) is 18.8. The van der Waals surface area contributed by atoms with Crippen molar-refractivity contribution < 1.29 is 43.1 Å². The fourth-order valence-electron chi connectivity index (χ4n) is 6.58. The highest BCUT2D eigenvalue weighted by atomic mass is 16.6. The highest BCUT2D eigenvalue weighted by Crippen LogP contribution is 2.37. The zero-order valence-corrected chi connectivity index (χ0v) is 29.3. The minimum Gasteiger partial charge on any atom is -0.482 e. The second-order valence-electron chi connectivity index (χ2n) is 13.1. The molecule has 1 fully saturated rings. The van der Waals surface area contributed by atoms with Crippen molar-refractivity contribution in [1.82, 2.24) is 4.90 Å². The Labute approximate surface area is 295 Å². The molecule has 5 rings (SSSR count). The summed E-state index contributed by atoms with van der Waals surface area (Å²) in [5.41, 5.74) is 4.51. The van der Waals surface area contributed by atoms with Crippen LogP contribution in [0.4, 0.5) is 10.5 Å². The van der Waals surface area contributed by atoms with Crippen LogP contribution in [-0.4, -0.2) is 95.0 Å². The van der Waals surface area contributed by atoms with Gasteiger partial charge in [0.05, 0.1) is 44.8 Å². The lowest BCUT2D eigenvalue weighted by atomic mass is 9.78. The quantitative estimate of drug-likeness (QED) is 0.192. The molecular formula is C39H50N2O9. The van der Waals surface area contributed by atoms with Crippen LogP contribution in [0.15, 0.2) is 72.8 Å². The number of aliphatic hydroxyl groups excluding tert-OH is 1. The van der Waals surface area contributed by atoms with Crippen LogP contribution in [0.1, 0.15) is 41.5 Å². The standard InChI is InChI=1S/C39H50N2O9/c1-28(22-46-3)23-47-24-30-10-13-32(14-11-30)38-33(21-42)19-40(39(44)50-25-29-8-5-4-6-9-29)20-36(38)48-26-31-12-15-35-34(18-31)41(16-7-17-45-2)37(43)27-49-35/h4-6,8-15,18,28,33,36,38,42H,7,16-17,19-27H2,1-3H3/t28-,33-,36-,38-/m0/s1. The molecule has 2 aliphatic heterocycles. The molecule has 0 radical (unpaired) electrons. The van der Waals surface area contributed by atoms with Gasteiger partial charge in [-0.1, -0.05) is 67.6 Å². The van der Waals surface area contributed by atoms with E-state index in [-0.39, 0.29) is 50.7 Å². The molecule has 0 aromatic heterocycles. The molecule has 11 nitrogen and oxygen atoms in total. The Balaban J connectivity index is 1.33. The molecule has 0 bridgehead atoms. The van der Waals surface area contributed by atoms with Gasteiger partial charge in [-0.25, -0.2) is 4.79 Å². The molecule has 0 unspecified atom stereocenters. The van der Waals surface area contributed by atoms with Crippen molar-refractivity contribution >= 4 is 17.7 Å². The van der Waals surface area contributed by atoms with Gasteiger partial charge >= 0.3 is 6.09 Å². The molecule has 11 heteroatoms. The number of aliphatic hydroxyl groups is 1. The van der Waals surface area contributed by atoms with Crippen LogP contribution in [-0.2, 0) is 48.3 Å². The molecule has 2 amide bonds. The molecule has 1 N–H and O–H groups in total. The van der Waals surface area contributed by atoms with Crippen molar-refractivity contribution in [3.05, 3.63) is 95.1 Å². The fourth-order valence-corrected chi connectivity index (χ4v) is 6.58. The lowest BCUT2D eigenvalue weighted by molar-refractivity contribution is -0.121. The average Bonchev–Trinajstić information content (AvgIpc) is 3.14.